The highest BCUT2D eigenvalue weighted by Crippen LogP contribution is 2.31. The molecule has 0 amide bonds. The first kappa shape index (κ1) is 18.8. The molecule has 0 unspecified atom stereocenters. The zero-order valence-electron chi connectivity index (χ0n) is 16.7. The lowest BCUT2D eigenvalue weighted by molar-refractivity contribution is 0.00254. The quantitative estimate of drug-likeness (QED) is 0.864. The van der Waals surface area contributed by atoms with Crippen LogP contribution in [0.3, 0.4) is 0 Å². The molecule has 5 heteroatoms. The summed E-state index contributed by atoms with van der Waals surface area (Å²) in [7, 11) is 0. The van der Waals surface area contributed by atoms with Gasteiger partial charge in [0.1, 0.15) is 0 Å². The second kappa shape index (κ2) is 8.19. The highest BCUT2D eigenvalue weighted by Gasteiger charge is 2.30. The monoisotopic (exact) mass is 371 g/mol. The van der Waals surface area contributed by atoms with Crippen LogP contribution in [0.15, 0.2) is 23.0 Å². The summed E-state index contributed by atoms with van der Waals surface area (Å²) in [6, 6.07) is 7.24. The topological polar surface area (TPSA) is 50.3 Å². The SMILES string of the molecule is CCCOC1CCC(N2CCC(n3c(=O)[nH]c4ccc(C)cc43)CC2)CC1. The molecule has 0 radical (unpaired) electrons. The van der Waals surface area contributed by atoms with Gasteiger partial charge in [-0.25, -0.2) is 4.79 Å². The molecule has 0 bridgehead atoms. The van der Waals surface area contributed by atoms with E-state index < -0.39 is 0 Å². The molecular weight excluding hydrogens is 338 g/mol. The van der Waals surface area contributed by atoms with Gasteiger partial charge in [0.2, 0.25) is 0 Å². The highest BCUT2D eigenvalue weighted by molar-refractivity contribution is 5.76. The number of aromatic amines is 1. The predicted octanol–water partition coefficient (Wildman–Crippen LogP) is 4.01. The van der Waals surface area contributed by atoms with Gasteiger partial charge in [-0.05, 0) is 69.6 Å². The van der Waals surface area contributed by atoms with Gasteiger partial charge in [-0.2, -0.15) is 0 Å². The summed E-state index contributed by atoms with van der Waals surface area (Å²) in [5.41, 5.74) is 3.27. The van der Waals surface area contributed by atoms with Crippen molar-refractivity contribution in [2.24, 2.45) is 0 Å². The van der Waals surface area contributed by atoms with Crippen molar-refractivity contribution in [3.63, 3.8) is 0 Å². The van der Waals surface area contributed by atoms with Crippen molar-refractivity contribution in [1.29, 1.82) is 0 Å². The molecule has 0 spiro atoms. The van der Waals surface area contributed by atoms with Crippen molar-refractivity contribution >= 4 is 11.0 Å². The first-order valence-electron chi connectivity index (χ1n) is 10.7. The molecule has 27 heavy (non-hydrogen) atoms. The Kier molecular flexibility index (Phi) is 5.69. The number of hydrogen-bond acceptors (Lipinski definition) is 3. The number of nitrogens with zero attached hydrogens (tertiary/aromatic N) is 2. The Bertz CT molecular complexity index is 809. The molecule has 2 aliphatic rings. The van der Waals surface area contributed by atoms with E-state index in [2.05, 4.69) is 35.9 Å². The maximum absolute atomic E-state index is 12.5. The number of benzene rings is 1. The fraction of sp³-hybridized carbons (Fsp3) is 0.682. The van der Waals surface area contributed by atoms with E-state index in [9.17, 15) is 4.79 Å². The van der Waals surface area contributed by atoms with Crippen LogP contribution in [0.5, 0.6) is 0 Å². The molecule has 2 heterocycles. The zero-order chi connectivity index (χ0) is 18.8. The Balaban J connectivity index is 1.37. The van der Waals surface area contributed by atoms with Crippen LogP contribution in [-0.4, -0.2) is 46.3 Å². The largest absolute Gasteiger partial charge is 0.378 e. The van der Waals surface area contributed by atoms with Crippen LogP contribution in [-0.2, 0) is 4.74 Å². The molecule has 2 fully saturated rings. The van der Waals surface area contributed by atoms with Crippen LogP contribution < -0.4 is 5.69 Å². The molecule has 1 aliphatic heterocycles. The van der Waals surface area contributed by atoms with Crippen molar-refractivity contribution in [1.82, 2.24) is 14.5 Å². The predicted molar refractivity (Wildman–Crippen MR) is 109 cm³/mol. The number of ether oxygens (including phenoxy) is 1. The lowest BCUT2D eigenvalue weighted by Gasteiger charge is -2.41. The van der Waals surface area contributed by atoms with Gasteiger partial charge >= 0.3 is 5.69 Å². The first-order chi connectivity index (χ1) is 13.2. The van der Waals surface area contributed by atoms with E-state index in [0.29, 0.717) is 18.2 Å². The number of hydrogen-bond donors (Lipinski definition) is 1. The number of aryl methyl sites for hydroxylation is 1. The van der Waals surface area contributed by atoms with Crippen LogP contribution in [0.25, 0.3) is 11.0 Å². The summed E-state index contributed by atoms with van der Waals surface area (Å²) in [5, 5.41) is 0. The molecule has 1 aromatic carbocycles. The van der Waals surface area contributed by atoms with E-state index in [1.54, 1.807) is 0 Å². The summed E-state index contributed by atoms with van der Waals surface area (Å²) in [6.07, 6.45) is 8.63. The van der Waals surface area contributed by atoms with E-state index in [-0.39, 0.29) is 5.69 Å². The highest BCUT2D eigenvalue weighted by atomic mass is 16.5. The van der Waals surface area contributed by atoms with Crippen molar-refractivity contribution in [2.45, 2.75) is 77.0 Å². The third-order valence-electron chi connectivity index (χ3n) is 6.46. The Labute approximate surface area is 161 Å². The fourth-order valence-corrected chi connectivity index (χ4v) is 4.96. The molecular formula is C22H33N3O2. The Hall–Kier alpha value is -1.59. The van der Waals surface area contributed by atoms with Gasteiger partial charge in [-0.3, -0.25) is 4.57 Å². The smallest absolute Gasteiger partial charge is 0.326 e. The molecule has 5 nitrogen and oxygen atoms in total. The minimum Gasteiger partial charge on any atom is -0.378 e. The maximum Gasteiger partial charge on any atom is 0.326 e. The standard InChI is InChI=1S/C22H33N3O2/c1-3-14-27-19-7-5-17(6-8-19)24-12-10-18(11-13-24)25-21-15-16(2)4-9-20(21)23-22(25)26/h4,9,15,17-19H,3,5-8,10-14H2,1-2H3,(H,23,26). The van der Waals surface area contributed by atoms with E-state index in [1.165, 1.54) is 31.2 Å². The van der Waals surface area contributed by atoms with Crippen LogP contribution in [0, 0.1) is 6.92 Å². The number of piperidine rings is 1. The van der Waals surface area contributed by atoms with Crippen molar-refractivity contribution in [3.05, 3.63) is 34.2 Å². The van der Waals surface area contributed by atoms with Gasteiger partial charge in [-0.15, -0.1) is 0 Å². The number of likely N-dealkylation sites (tertiary alicyclic amines) is 1. The van der Waals surface area contributed by atoms with Gasteiger partial charge in [0, 0.05) is 31.8 Å². The Morgan fingerprint density at radius 1 is 1.07 bits per heavy atom. The number of H-pyrrole nitrogens is 1. The molecule has 4 rings (SSSR count). The van der Waals surface area contributed by atoms with Crippen LogP contribution >= 0.6 is 0 Å². The first-order valence-corrected chi connectivity index (χ1v) is 10.7. The number of fused-ring (bicyclic) bond motifs is 1. The van der Waals surface area contributed by atoms with Crippen LogP contribution in [0.2, 0.25) is 0 Å². The van der Waals surface area contributed by atoms with Crippen molar-refractivity contribution in [2.75, 3.05) is 19.7 Å². The van der Waals surface area contributed by atoms with Crippen LogP contribution in [0.1, 0.15) is 63.5 Å². The van der Waals surface area contributed by atoms with Crippen molar-refractivity contribution < 1.29 is 4.74 Å². The van der Waals surface area contributed by atoms with Crippen LogP contribution in [0.4, 0.5) is 0 Å². The lowest BCUT2D eigenvalue weighted by Crippen LogP contribution is -2.45. The molecule has 1 N–H and O–H groups in total. The zero-order valence-corrected chi connectivity index (χ0v) is 16.7. The van der Waals surface area contributed by atoms with Gasteiger partial charge in [0.05, 0.1) is 17.1 Å². The molecule has 2 aromatic rings. The number of aromatic nitrogens is 2. The second-order valence-corrected chi connectivity index (χ2v) is 8.39. The minimum absolute atomic E-state index is 0.0441. The number of nitrogens with one attached hydrogen (secondary N) is 1. The average molecular weight is 372 g/mol. The molecule has 1 saturated carbocycles. The molecule has 1 saturated heterocycles. The number of rotatable bonds is 5. The van der Waals surface area contributed by atoms with Gasteiger partial charge < -0.3 is 14.6 Å². The molecule has 1 aliphatic carbocycles. The Morgan fingerprint density at radius 2 is 1.81 bits per heavy atom. The lowest BCUT2D eigenvalue weighted by atomic mass is 9.90. The van der Waals surface area contributed by atoms with E-state index in [0.717, 1.165) is 50.0 Å². The van der Waals surface area contributed by atoms with Gasteiger partial charge in [0.25, 0.3) is 0 Å². The van der Waals surface area contributed by atoms with E-state index >= 15 is 0 Å². The summed E-state index contributed by atoms with van der Waals surface area (Å²) in [5.74, 6) is 0. The van der Waals surface area contributed by atoms with Gasteiger partial charge in [-0.1, -0.05) is 13.0 Å². The fourth-order valence-electron chi connectivity index (χ4n) is 4.96. The maximum atomic E-state index is 12.5. The van der Waals surface area contributed by atoms with Crippen molar-refractivity contribution in [3.8, 4) is 0 Å². The summed E-state index contributed by atoms with van der Waals surface area (Å²) < 4.78 is 7.95. The van der Waals surface area contributed by atoms with E-state index in [1.807, 2.05) is 10.6 Å². The third kappa shape index (κ3) is 3.99. The minimum atomic E-state index is 0.0441. The number of imidazole rings is 1. The second-order valence-electron chi connectivity index (χ2n) is 8.39. The molecule has 0 atom stereocenters. The summed E-state index contributed by atoms with van der Waals surface area (Å²) >= 11 is 0. The Morgan fingerprint density at radius 3 is 2.52 bits per heavy atom. The van der Waals surface area contributed by atoms with E-state index in [4.69, 9.17) is 4.74 Å². The normalized spacial score (nSPS) is 25.3. The molecule has 1 aromatic heterocycles. The summed E-state index contributed by atoms with van der Waals surface area (Å²) in [4.78, 5) is 18.2. The average Bonchev–Trinajstić information content (AvgIpc) is 3.02. The third-order valence-corrected chi connectivity index (χ3v) is 6.46. The molecule has 148 valence electrons. The summed E-state index contributed by atoms with van der Waals surface area (Å²) in [6.45, 7) is 7.36. The van der Waals surface area contributed by atoms with Gasteiger partial charge in [0.15, 0.2) is 0 Å².